The van der Waals surface area contributed by atoms with Crippen molar-refractivity contribution in [3.8, 4) is 22.6 Å². The van der Waals surface area contributed by atoms with E-state index in [0.717, 1.165) is 16.5 Å². The highest BCUT2D eigenvalue weighted by atomic mass is 16.6. The lowest BCUT2D eigenvalue weighted by Crippen LogP contribution is -2.09. The van der Waals surface area contributed by atoms with Gasteiger partial charge in [-0.15, -0.1) is 0 Å². The summed E-state index contributed by atoms with van der Waals surface area (Å²) >= 11 is 0. The SMILES string of the molecule is COc1cc2occ(-c3ccccc3OC)c2cc1/C(C)=C/C(=O)Nc1cccc([N+](=O)[O-])c1. The number of nitrogens with one attached hydrogen (secondary N) is 1. The molecule has 4 aromatic rings. The number of non-ortho nitro benzene ring substituents is 1. The number of carbonyl (C=O) groups excluding carboxylic acids is 1. The number of ether oxygens (including phenoxy) is 2. The molecule has 0 radical (unpaired) electrons. The molecule has 0 atom stereocenters. The van der Waals surface area contributed by atoms with Gasteiger partial charge in [-0.25, -0.2) is 0 Å². The third-order valence-corrected chi connectivity index (χ3v) is 5.39. The van der Waals surface area contributed by atoms with Gasteiger partial charge in [-0.3, -0.25) is 14.9 Å². The van der Waals surface area contributed by atoms with E-state index < -0.39 is 10.8 Å². The van der Waals surface area contributed by atoms with Crippen molar-refractivity contribution in [1.29, 1.82) is 0 Å². The molecule has 4 rings (SSSR count). The molecule has 0 bridgehead atoms. The van der Waals surface area contributed by atoms with E-state index in [1.807, 2.05) is 30.3 Å². The van der Waals surface area contributed by atoms with Gasteiger partial charge in [0.15, 0.2) is 0 Å². The van der Waals surface area contributed by atoms with Crippen molar-refractivity contribution in [2.45, 2.75) is 6.92 Å². The first-order valence-corrected chi connectivity index (χ1v) is 10.4. The minimum absolute atomic E-state index is 0.102. The van der Waals surface area contributed by atoms with Gasteiger partial charge in [0.1, 0.15) is 17.1 Å². The Kier molecular flexibility index (Phi) is 6.31. The van der Waals surface area contributed by atoms with Gasteiger partial charge in [-0.05, 0) is 30.7 Å². The Morgan fingerprint density at radius 3 is 2.50 bits per heavy atom. The molecule has 0 aliphatic carbocycles. The van der Waals surface area contributed by atoms with Crippen LogP contribution in [0.2, 0.25) is 0 Å². The number of rotatable bonds is 7. The molecule has 8 nitrogen and oxygen atoms in total. The molecule has 34 heavy (non-hydrogen) atoms. The Balaban J connectivity index is 1.71. The van der Waals surface area contributed by atoms with Crippen LogP contribution in [-0.4, -0.2) is 25.1 Å². The molecule has 3 aromatic carbocycles. The summed E-state index contributed by atoms with van der Waals surface area (Å²) in [6.07, 6.45) is 3.09. The lowest BCUT2D eigenvalue weighted by molar-refractivity contribution is -0.384. The van der Waals surface area contributed by atoms with Crippen LogP contribution in [0, 0.1) is 10.1 Å². The van der Waals surface area contributed by atoms with E-state index in [2.05, 4.69) is 5.32 Å². The van der Waals surface area contributed by atoms with Gasteiger partial charge in [0.05, 0.1) is 25.4 Å². The summed E-state index contributed by atoms with van der Waals surface area (Å²) in [5.74, 6) is 0.841. The topological polar surface area (TPSA) is 104 Å². The molecule has 172 valence electrons. The zero-order chi connectivity index (χ0) is 24.2. The van der Waals surface area contributed by atoms with Crippen LogP contribution < -0.4 is 14.8 Å². The quantitative estimate of drug-likeness (QED) is 0.205. The van der Waals surface area contributed by atoms with E-state index in [-0.39, 0.29) is 5.69 Å². The average Bonchev–Trinajstić information content (AvgIpc) is 3.25. The third kappa shape index (κ3) is 4.47. The number of fused-ring (bicyclic) bond motifs is 1. The van der Waals surface area contributed by atoms with Gasteiger partial charge in [-0.1, -0.05) is 24.3 Å². The van der Waals surface area contributed by atoms with Crippen molar-refractivity contribution >= 4 is 33.8 Å². The molecular formula is C26H22N2O6. The third-order valence-electron chi connectivity index (χ3n) is 5.39. The number of benzene rings is 3. The standard InChI is InChI=1S/C26H22N2O6/c1-16(11-26(29)27-17-7-6-8-18(12-17)28(30)31)20-13-21-22(15-34-25(21)14-24(20)33-3)19-9-4-5-10-23(19)32-2/h4-15H,1-3H3,(H,27,29)/b16-11+. The van der Waals surface area contributed by atoms with Crippen LogP contribution in [-0.2, 0) is 4.79 Å². The van der Waals surface area contributed by atoms with Gasteiger partial charge in [0.25, 0.3) is 5.69 Å². The maximum Gasteiger partial charge on any atom is 0.271 e. The second kappa shape index (κ2) is 9.50. The Bertz CT molecular complexity index is 1420. The molecule has 0 aliphatic rings. The summed E-state index contributed by atoms with van der Waals surface area (Å²) in [5.41, 5.74) is 3.95. The lowest BCUT2D eigenvalue weighted by Gasteiger charge is -2.11. The first kappa shape index (κ1) is 22.6. The van der Waals surface area contributed by atoms with Gasteiger partial charge in [0, 0.05) is 52.0 Å². The van der Waals surface area contributed by atoms with Crippen molar-refractivity contribution < 1.29 is 23.6 Å². The van der Waals surface area contributed by atoms with Crippen LogP contribution in [0.4, 0.5) is 11.4 Å². The smallest absolute Gasteiger partial charge is 0.271 e. The monoisotopic (exact) mass is 458 g/mol. The fraction of sp³-hybridized carbons (Fsp3) is 0.115. The van der Waals surface area contributed by atoms with Crippen molar-refractivity contribution in [3.63, 3.8) is 0 Å². The Hall–Kier alpha value is -4.59. The summed E-state index contributed by atoms with van der Waals surface area (Å²) < 4.78 is 16.8. The van der Waals surface area contributed by atoms with Crippen LogP contribution in [0.25, 0.3) is 27.7 Å². The Morgan fingerprint density at radius 1 is 1.00 bits per heavy atom. The number of allylic oxidation sites excluding steroid dienone is 1. The summed E-state index contributed by atoms with van der Waals surface area (Å²) in [5, 5.41) is 14.5. The molecule has 1 heterocycles. The molecule has 0 saturated heterocycles. The summed E-state index contributed by atoms with van der Waals surface area (Å²) in [4.78, 5) is 23.1. The second-order valence-electron chi connectivity index (χ2n) is 7.52. The molecule has 0 aliphatic heterocycles. The number of nitro groups is 1. The van der Waals surface area contributed by atoms with E-state index >= 15 is 0 Å². The first-order valence-electron chi connectivity index (χ1n) is 10.4. The van der Waals surface area contributed by atoms with Crippen LogP contribution in [0.5, 0.6) is 11.5 Å². The highest BCUT2D eigenvalue weighted by molar-refractivity contribution is 6.05. The predicted octanol–water partition coefficient (Wildman–Crippen LogP) is 6.07. The van der Waals surface area contributed by atoms with Crippen molar-refractivity contribution in [2.75, 3.05) is 19.5 Å². The van der Waals surface area contributed by atoms with E-state index in [0.29, 0.717) is 33.9 Å². The number of para-hydroxylation sites is 1. The number of hydrogen-bond acceptors (Lipinski definition) is 6. The second-order valence-corrected chi connectivity index (χ2v) is 7.52. The van der Waals surface area contributed by atoms with Crippen molar-refractivity contribution in [2.24, 2.45) is 0 Å². The number of hydrogen-bond donors (Lipinski definition) is 1. The van der Waals surface area contributed by atoms with Crippen LogP contribution in [0.15, 0.2) is 77.4 Å². The molecule has 1 aromatic heterocycles. The number of nitrogens with zero attached hydrogens (tertiary/aromatic N) is 1. The molecule has 0 saturated carbocycles. The Morgan fingerprint density at radius 2 is 1.76 bits per heavy atom. The summed E-state index contributed by atoms with van der Waals surface area (Å²) in [7, 11) is 3.16. The zero-order valence-electron chi connectivity index (χ0n) is 18.8. The largest absolute Gasteiger partial charge is 0.496 e. The molecule has 0 spiro atoms. The fourth-order valence-electron chi connectivity index (χ4n) is 3.76. The highest BCUT2D eigenvalue weighted by Crippen LogP contribution is 2.40. The minimum Gasteiger partial charge on any atom is -0.496 e. The fourth-order valence-corrected chi connectivity index (χ4v) is 3.76. The highest BCUT2D eigenvalue weighted by Gasteiger charge is 2.17. The Labute approximate surface area is 195 Å². The molecule has 0 unspecified atom stereocenters. The van der Waals surface area contributed by atoms with E-state index in [4.69, 9.17) is 13.9 Å². The maximum absolute atomic E-state index is 12.6. The summed E-state index contributed by atoms with van der Waals surface area (Å²) in [6, 6.07) is 17.1. The van der Waals surface area contributed by atoms with Crippen LogP contribution >= 0.6 is 0 Å². The van der Waals surface area contributed by atoms with Gasteiger partial charge in [-0.2, -0.15) is 0 Å². The van der Waals surface area contributed by atoms with E-state index in [1.165, 1.54) is 24.3 Å². The lowest BCUT2D eigenvalue weighted by atomic mass is 9.98. The molecular weight excluding hydrogens is 436 g/mol. The minimum atomic E-state index is -0.513. The first-order chi connectivity index (χ1) is 16.4. The predicted molar refractivity (Wildman–Crippen MR) is 130 cm³/mol. The van der Waals surface area contributed by atoms with Gasteiger partial charge >= 0.3 is 0 Å². The number of carbonyl (C=O) groups is 1. The van der Waals surface area contributed by atoms with Crippen molar-refractivity contribution in [1.82, 2.24) is 0 Å². The number of furan rings is 1. The van der Waals surface area contributed by atoms with E-state index in [9.17, 15) is 14.9 Å². The normalized spacial score (nSPS) is 11.3. The molecule has 1 N–H and O–H groups in total. The number of nitro benzene ring substituents is 1. The molecule has 8 heteroatoms. The van der Waals surface area contributed by atoms with Gasteiger partial charge < -0.3 is 19.2 Å². The number of methoxy groups -OCH3 is 2. The van der Waals surface area contributed by atoms with E-state index in [1.54, 1.807) is 39.5 Å². The van der Waals surface area contributed by atoms with Gasteiger partial charge in [0.2, 0.25) is 5.91 Å². The number of amides is 1. The maximum atomic E-state index is 12.6. The molecule has 0 fully saturated rings. The number of anilines is 1. The molecule has 1 amide bonds. The average molecular weight is 458 g/mol. The van der Waals surface area contributed by atoms with Crippen LogP contribution in [0.1, 0.15) is 12.5 Å². The van der Waals surface area contributed by atoms with Crippen LogP contribution in [0.3, 0.4) is 0 Å². The zero-order valence-corrected chi connectivity index (χ0v) is 18.8. The summed E-state index contributed by atoms with van der Waals surface area (Å²) in [6.45, 7) is 1.79. The van der Waals surface area contributed by atoms with Crippen molar-refractivity contribution in [3.05, 3.63) is 88.7 Å².